The van der Waals surface area contributed by atoms with Gasteiger partial charge in [-0.05, 0) is 30.9 Å². The first-order valence-corrected chi connectivity index (χ1v) is 11.5. The van der Waals surface area contributed by atoms with Crippen molar-refractivity contribution in [2.75, 3.05) is 5.32 Å². The fourth-order valence-corrected chi connectivity index (χ4v) is 5.14. The first-order chi connectivity index (χ1) is 15.1. The number of anilines is 1. The SMILES string of the molecule is Cc1ccc([C@H]2C3=C(CCCC3=O)Nc3nc(SCc4ccccc4)[nH]c(=O)c32)cc1. The molecular formula is C25H23N3O2S. The summed E-state index contributed by atoms with van der Waals surface area (Å²) in [7, 11) is 0. The topological polar surface area (TPSA) is 74.8 Å². The number of benzene rings is 2. The van der Waals surface area contributed by atoms with E-state index in [1.165, 1.54) is 17.3 Å². The van der Waals surface area contributed by atoms with E-state index in [0.717, 1.165) is 41.0 Å². The summed E-state index contributed by atoms with van der Waals surface area (Å²) in [5.41, 5.74) is 5.23. The second-order valence-corrected chi connectivity index (χ2v) is 9.01. The average Bonchev–Trinajstić information content (AvgIpc) is 2.78. The molecule has 2 N–H and O–H groups in total. The number of fused-ring (bicyclic) bond motifs is 1. The Kier molecular flexibility index (Phi) is 5.24. The van der Waals surface area contributed by atoms with Gasteiger partial charge in [-0.25, -0.2) is 4.98 Å². The fourth-order valence-electron chi connectivity index (χ4n) is 4.33. The van der Waals surface area contributed by atoms with Gasteiger partial charge in [0.1, 0.15) is 5.82 Å². The molecule has 1 aliphatic carbocycles. The van der Waals surface area contributed by atoms with Crippen molar-refractivity contribution < 1.29 is 4.79 Å². The number of thioether (sulfide) groups is 1. The van der Waals surface area contributed by atoms with Crippen molar-refractivity contribution in [3.8, 4) is 0 Å². The van der Waals surface area contributed by atoms with E-state index in [-0.39, 0.29) is 17.3 Å². The largest absolute Gasteiger partial charge is 0.343 e. The van der Waals surface area contributed by atoms with Crippen molar-refractivity contribution in [3.63, 3.8) is 0 Å². The maximum atomic E-state index is 13.2. The molecule has 5 nitrogen and oxygen atoms in total. The monoisotopic (exact) mass is 429 g/mol. The number of rotatable bonds is 4. The second-order valence-electron chi connectivity index (χ2n) is 8.05. The van der Waals surface area contributed by atoms with Crippen LogP contribution in [-0.4, -0.2) is 15.8 Å². The Morgan fingerprint density at radius 1 is 1.03 bits per heavy atom. The molecule has 1 atom stereocenters. The van der Waals surface area contributed by atoms with Crippen LogP contribution in [0.25, 0.3) is 0 Å². The van der Waals surface area contributed by atoms with E-state index < -0.39 is 0 Å². The average molecular weight is 430 g/mol. The van der Waals surface area contributed by atoms with Crippen molar-refractivity contribution in [1.82, 2.24) is 9.97 Å². The molecule has 6 heteroatoms. The number of allylic oxidation sites excluding steroid dienone is 2. The quantitative estimate of drug-likeness (QED) is 0.454. The molecule has 0 spiro atoms. The maximum absolute atomic E-state index is 13.2. The molecule has 0 unspecified atom stereocenters. The minimum Gasteiger partial charge on any atom is -0.343 e. The Hall–Kier alpha value is -3.12. The van der Waals surface area contributed by atoms with Crippen LogP contribution in [-0.2, 0) is 10.5 Å². The molecule has 0 fully saturated rings. The van der Waals surface area contributed by atoms with Crippen molar-refractivity contribution in [1.29, 1.82) is 0 Å². The smallest absolute Gasteiger partial charge is 0.257 e. The van der Waals surface area contributed by atoms with Crippen molar-refractivity contribution in [2.45, 2.75) is 43.0 Å². The molecule has 0 radical (unpaired) electrons. The highest BCUT2D eigenvalue weighted by Gasteiger charge is 2.37. The van der Waals surface area contributed by atoms with Gasteiger partial charge in [-0.15, -0.1) is 0 Å². The lowest BCUT2D eigenvalue weighted by molar-refractivity contribution is -0.116. The number of aromatic nitrogens is 2. The lowest BCUT2D eigenvalue weighted by Crippen LogP contribution is -2.32. The number of nitrogens with zero attached hydrogens (tertiary/aromatic N) is 1. The zero-order chi connectivity index (χ0) is 21.4. The number of ketones is 1. The van der Waals surface area contributed by atoms with E-state index in [2.05, 4.69) is 22.4 Å². The number of H-pyrrole nitrogens is 1. The van der Waals surface area contributed by atoms with Gasteiger partial charge in [0.15, 0.2) is 10.9 Å². The van der Waals surface area contributed by atoms with Crippen LogP contribution in [0, 0.1) is 6.92 Å². The van der Waals surface area contributed by atoms with Gasteiger partial charge in [-0.1, -0.05) is 71.9 Å². The third-order valence-corrected chi connectivity index (χ3v) is 6.81. The Bertz CT molecular complexity index is 1230. The molecule has 31 heavy (non-hydrogen) atoms. The van der Waals surface area contributed by atoms with Crippen LogP contribution in [0.1, 0.15) is 47.4 Å². The number of aromatic amines is 1. The van der Waals surface area contributed by atoms with Crippen LogP contribution >= 0.6 is 11.8 Å². The summed E-state index contributed by atoms with van der Waals surface area (Å²) in [6, 6.07) is 18.2. The van der Waals surface area contributed by atoms with Crippen LogP contribution in [0.3, 0.4) is 0 Å². The third kappa shape index (κ3) is 3.83. The van der Waals surface area contributed by atoms with Gasteiger partial charge in [0.25, 0.3) is 5.56 Å². The summed E-state index contributed by atoms with van der Waals surface area (Å²) < 4.78 is 0. The molecule has 1 aliphatic heterocycles. The Morgan fingerprint density at radius 2 is 1.81 bits per heavy atom. The van der Waals surface area contributed by atoms with Crippen LogP contribution in [0.15, 0.2) is 75.8 Å². The van der Waals surface area contributed by atoms with E-state index in [0.29, 0.717) is 23.0 Å². The molecule has 0 amide bonds. The van der Waals surface area contributed by atoms with Gasteiger partial charge >= 0.3 is 0 Å². The number of hydrogen-bond donors (Lipinski definition) is 2. The third-order valence-electron chi connectivity index (χ3n) is 5.87. The number of Topliss-reactive ketones (excluding diaryl/α,β-unsaturated/α-hetero) is 1. The van der Waals surface area contributed by atoms with Crippen molar-refractivity contribution in [3.05, 3.63) is 98.5 Å². The molecule has 156 valence electrons. The summed E-state index contributed by atoms with van der Waals surface area (Å²) in [6.07, 6.45) is 2.14. The zero-order valence-corrected chi connectivity index (χ0v) is 18.1. The molecule has 3 aromatic rings. The van der Waals surface area contributed by atoms with E-state index in [9.17, 15) is 9.59 Å². The van der Waals surface area contributed by atoms with Gasteiger partial charge in [0.2, 0.25) is 0 Å². The summed E-state index contributed by atoms with van der Waals surface area (Å²) in [6.45, 7) is 2.03. The van der Waals surface area contributed by atoms with Crippen LogP contribution in [0.2, 0.25) is 0 Å². The second kappa shape index (κ2) is 8.19. The van der Waals surface area contributed by atoms with E-state index in [1.54, 1.807) is 0 Å². The highest BCUT2D eigenvalue weighted by molar-refractivity contribution is 7.98. The fraction of sp³-hybridized carbons (Fsp3) is 0.240. The molecule has 0 bridgehead atoms. The number of aryl methyl sites for hydroxylation is 1. The molecule has 2 aliphatic rings. The van der Waals surface area contributed by atoms with Crippen molar-refractivity contribution in [2.24, 2.45) is 0 Å². The van der Waals surface area contributed by atoms with Crippen LogP contribution in [0.4, 0.5) is 5.82 Å². The Morgan fingerprint density at radius 3 is 2.58 bits per heavy atom. The zero-order valence-electron chi connectivity index (χ0n) is 17.3. The highest BCUT2D eigenvalue weighted by atomic mass is 32.2. The number of carbonyl (C=O) groups is 1. The van der Waals surface area contributed by atoms with Crippen LogP contribution < -0.4 is 10.9 Å². The molecule has 5 rings (SSSR count). The minimum absolute atomic E-state index is 0.118. The maximum Gasteiger partial charge on any atom is 0.257 e. The standard InChI is InChI=1S/C25H23N3O2S/c1-15-10-12-17(13-11-15)20-21-18(8-5-9-19(21)29)26-23-22(20)24(30)28-25(27-23)31-14-16-6-3-2-4-7-16/h2-4,6-7,10-13,20H,5,8-9,14H2,1H3,(H2,26,27,28,30)/t20-/m0/s1. The highest BCUT2D eigenvalue weighted by Crippen LogP contribution is 2.43. The normalized spacial score (nSPS) is 17.7. The predicted molar refractivity (Wildman–Crippen MR) is 123 cm³/mol. The molecule has 2 aromatic carbocycles. The van der Waals surface area contributed by atoms with Gasteiger partial charge in [-0.2, -0.15) is 0 Å². The number of carbonyl (C=O) groups excluding carboxylic acids is 1. The number of nitrogens with one attached hydrogen (secondary N) is 2. The lowest BCUT2D eigenvalue weighted by atomic mass is 9.76. The lowest BCUT2D eigenvalue weighted by Gasteiger charge is -2.32. The predicted octanol–water partition coefficient (Wildman–Crippen LogP) is 4.94. The Labute approximate surface area is 185 Å². The first-order valence-electron chi connectivity index (χ1n) is 10.5. The molecule has 2 heterocycles. The van der Waals surface area contributed by atoms with Gasteiger partial charge in [0.05, 0.1) is 5.56 Å². The summed E-state index contributed by atoms with van der Waals surface area (Å²) >= 11 is 1.50. The van der Waals surface area contributed by atoms with Gasteiger partial charge < -0.3 is 10.3 Å². The van der Waals surface area contributed by atoms with E-state index >= 15 is 0 Å². The first kappa shape index (κ1) is 19.8. The van der Waals surface area contributed by atoms with Crippen molar-refractivity contribution >= 4 is 23.4 Å². The molecule has 1 aromatic heterocycles. The summed E-state index contributed by atoms with van der Waals surface area (Å²) in [4.78, 5) is 33.8. The minimum atomic E-state index is -0.385. The number of hydrogen-bond acceptors (Lipinski definition) is 5. The summed E-state index contributed by atoms with van der Waals surface area (Å²) in [5, 5.41) is 3.91. The van der Waals surface area contributed by atoms with Gasteiger partial charge in [-0.3, -0.25) is 9.59 Å². The Balaban J connectivity index is 1.57. The van der Waals surface area contributed by atoms with Gasteiger partial charge in [0, 0.05) is 29.4 Å². The summed E-state index contributed by atoms with van der Waals surface area (Å²) in [5.74, 6) is 1.02. The molecule has 0 saturated carbocycles. The van der Waals surface area contributed by atoms with E-state index in [4.69, 9.17) is 4.98 Å². The molecule has 0 saturated heterocycles. The molecular weight excluding hydrogens is 406 g/mol. The van der Waals surface area contributed by atoms with E-state index in [1.807, 2.05) is 49.4 Å². The van der Waals surface area contributed by atoms with Crippen LogP contribution in [0.5, 0.6) is 0 Å².